The predicted octanol–water partition coefficient (Wildman–Crippen LogP) is 2.73. The fourth-order valence-electron chi connectivity index (χ4n) is 4.11. The minimum absolute atomic E-state index is 0.187. The van der Waals surface area contributed by atoms with E-state index in [9.17, 15) is 4.79 Å². The molecule has 0 bridgehead atoms. The molecule has 2 heterocycles. The zero-order chi connectivity index (χ0) is 18.2. The van der Waals surface area contributed by atoms with E-state index in [2.05, 4.69) is 27.7 Å². The molecule has 144 valence electrons. The Morgan fingerprint density at radius 3 is 2.69 bits per heavy atom. The SMILES string of the molecule is COc1ccc(C(CNC(=O)CCC2CCNC2)N2CCCCC2)cc1. The molecule has 2 atom stereocenters. The number of benzene rings is 1. The minimum atomic E-state index is 0.187. The van der Waals surface area contributed by atoms with Gasteiger partial charge in [-0.3, -0.25) is 9.69 Å². The quantitative estimate of drug-likeness (QED) is 0.749. The van der Waals surface area contributed by atoms with Crippen LogP contribution in [0.2, 0.25) is 0 Å². The summed E-state index contributed by atoms with van der Waals surface area (Å²) in [7, 11) is 1.69. The Labute approximate surface area is 157 Å². The normalized spacial score (nSPS) is 22.1. The van der Waals surface area contributed by atoms with Gasteiger partial charge in [-0.2, -0.15) is 0 Å². The predicted molar refractivity (Wildman–Crippen MR) is 104 cm³/mol. The van der Waals surface area contributed by atoms with Gasteiger partial charge < -0.3 is 15.4 Å². The molecule has 5 heteroatoms. The van der Waals surface area contributed by atoms with Crippen molar-refractivity contribution in [3.63, 3.8) is 0 Å². The second-order valence-corrected chi connectivity index (χ2v) is 7.59. The summed E-state index contributed by atoms with van der Waals surface area (Å²) in [5.41, 5.74) is 1.26. The Hall–Kier alpha value is -1.59. The van der Waals surface area contributed by atoms with E-state index in [0.717, 1.165) is 38.3 Å². The minimum Gasteiger partial charge on any atom is -0.497 e. The molecule has 2 aliphatic rings. The van der Waals surface area contributed by atoms with E-state index in [-0.39, 0.29) is 11.9 Å². The fourth-order valence-corrected chi connectivity index (χ4v) is 4.11. The third kappa shape index (κ3) is 5.45. The smallest absolute Gasteiger partial charge is 0.220 e. The second-order valence-electron chi connectivity index (χ2n) is 7.59. The van der Waals surface area contributed by atoms with Crippen molar-refractivity contribution in [1.82, 2.24) is 15.5 Å². The number of rotatable bonds is 8. The van der Waals surface area contributed by atoms with Gasteiger partial charge in [0, 0.05) is 13.0 Å². The Morgan fingerprint density at radius 2 is 2.04 bits per heavy atom. The molecule has 5 nitrogen and oxygen atoms in total. The second kappa shape index (κ2) is 9.93. The highest BCUT2D eigenvalue weighted by Gasteiger charge is 2.23. The maximum absolute atomic E-state index is 12.3. The van der Waals surface area contributed by atoms with Crippen LogP contribution in [0.25, 0.3) is 0 Å². The molecule has 2 N–H and O–H groups in total. The number of hydrogen-bond acceptors (Lipinski definition) is 4. The first kappa shape index (κ1) is 19.2. The molecule has 1 aromatic rings. The van der Waals surface area contributed by atoms with Crippen molar-refractivity contribution in [2.24, 2.45) is 5.92 Å². The van der Waals surface area contributed by atoms with E-state index < -0.39 is 0 Å². The summed E-state index contributed by atoms with van der Waals surface area (Å²) in [6, 6.07) is 8.55. The van der Waals surface area contributed by atoms with Gasteiger partial charge >= 0.3 is 0 Å². The number of carbonyl (C=O) groups is 1. The zero-order valence-electron chi connectivity index (χ0n) is 16.0. The highest BCUT2D eigenvalue weighted by Crippen LogP contribution is 2.26. The maximum Gasteiger partial charge on any atom is 0.220 e. The van der Waals surface area contributed by atoms with Crippen molar-refractivity contribution in [2.75, 3.05) is 39.8 Å². The first-order valence-corrected chi connectivity index (χ1v) is 10.1. The molecule has 0 saturated carbocycles. The summed E-state index contributed by atoms with van der Waals surface area (Å²) in [6.07, 6.45) is 6.64. The number of carbonyl (C=O) groups excluding carboxylic acids is 1. The molecule has 2 saturated heterocycles. The van der Waals surface area contributed by atoms with Crippen LogP contribution in [0.1, 0.15) is 50.1 Å². The number of ether oxygens (including phenoxy) is 1. The lowest BCUT2D eigenvalue weighted by atomic mass is 10.0. The zero-order valence-corrected chi connectivity index (χ0v) is 16.0. The molecule has 3 rings (SSSR count). The Morgan fingerprint density at radius 1 is 1.27 bits per heavy atom. The first-order chi connectivity index (χ1) is 12.8. The van der Waals surface area contributed by atoms with Crippen LogP contribution in [0.15, 0.2) is 24.3 Å². The summed E-state index contributed by atoms with van der Waals surface area (Å²) < 4.78 is 5.28. The van der Waals surface area contributed by atoms with E-state index >= 15 is 0 Å². The molecule has 0 aliphatic carbocycles. The molecule has 2 unspecified atom stereocenters. The molecule has 1 amide bonds. The molecule has 2 aliphatic heterocycles. The monoisotopic (exact) mass is 359 g/mol. The van der Waals surface area contributed by atoms with Crippen molar-refractivity contribution >= 4 is 5.91 Å². The van der Waals surface area contributed by atoms with Crippen molar-refractivity contribution in [1.29, 1.82) is 0 Å². The van der Waals surface area contributed by atoms with Gasteiger partial charge in [-0.25, -0.2) is 0 Å². The lowest BCUT2D eigenvalue weighted by molar-refractivity contribution is -0.121. The van der Waals surface area contributed by atoms with Gasteiger partial charge in [-0.15, -0.1) is 0 Å². The van der Waals surface area contributed by atoms with E-state index in [0.29, 0.717) is 18.9 Å². The third-order valence-corrected chi connectivity index (χ3v) is 5.77. The topological polar surface area (TPSA) is 53.6 Å². The standard InChI is InChI=1S/C21H33N3O2/c1-26-19-8-6-18(7-9-19)20(24-13-3-2-4-14-24)16-23-21(25)10-5-17-11-12-22-15-17/h6-9,17,20,22H,2-5,10-16H2,1H3,(H,23,25). The van der Waals surface area contributed by atoms with Gasteiger partial charge in [0.1, 0.15) is 5.75 Å². The summed E-state index contributed by atoms with van der Waals surface area (Å²) >= 11 is 0. The molecule has 26 heavy (non-hydrogen) atoms. The van der Waals surface area contributed by atoms with Crippen molar-refractivity contribution in [3.8, 4) is 5.75 Å². The van der Waals surface area contributed by atoms with Gasteiger partial charge in [-0.05, 0) is 75.5 Å². The van der Waals surface area contributed by atoms with Gasteiger partial charge in [0.05, 0.1) is 13.2 Å². The number of likely N-dealkylation sites (tertiary alicyclic amines) is 1. The number of methoxy groups -OCH3 is 1. The van der Waals surface area contributed by atoms with Crippen molar-refractivity contribution in [3.05, 3.63) is 29.8 Å². The van der Waals surface area contributed by atoms with Crippen LogP contribution in [0.3, 0.4) is 0 Å². The van der Waals surface area contributed by atoms with Crippen LogP contribution >= 0.6 is 0 Å². The summed E-state index contributed by atoms with van der Waals surface area (Å²) in [4.78, 5) is 14.9. The highest BCUT2D eigenvalue weighted by molar-refractivity contribution is 5.75. The highest BCUT2D eigenvalue weighted by atomic mass is 16.5. The van der Waals surface area contributed by atoms with Crippen molar-refractivity contribution in [2.45, 2.75) is 44.6 Å². The fraction of sp³-hybridized carbons (Fsp3) is 0.667. The average molecular weight is 360 g/mol. The molecular formula is C21H33N3O2. The molecule has 0 radical (unpaired) electrons. The molecule has 1 aromatic carbocycles. The van der Waals surface area contributed by atoms with Crippen LogP contribution in [0.5, 0.6) is 5.75 Å². The summed E-state index contributed by atoms with van der Waals surface area (Å²) in [6.45, 7) is 5.07. The van der Waals surface area contributed by atoms with Crippen molar-refractivity contribution < 1.29 is 9.53 Å². The van der Waals surface area contributed by atoms with E-state index in [4.69, 9.17) is 4.74 Å². The average Bonchev–Trinajstić information content (AvgIpc) is 3.21. The van der Waals surface area contributed by atoms with Gasteiger partial charge in [-0.1, -0.05) is 18.6 Å². The number of nitrogens with zero attached hydrogens (tertiary/aromatic N) is 1. The third-order valence-electron chi connectivity index (χ3n) is 5.77. The maximum atomic E-state index is 12.3. The molecule has 2 fully saturated rings. The first-order valence-electron chi connectivity index (χ1n) is 10.1. The summed E-state index contributed by atoms with van der Waals surface area (Å²) in [5.74, 6) is 1.73. The molecule has 0 spiro atoms. The number of piperidine rings is 1. The largest absolute Gasteiger partial charge is 0.497 e. The summed E-state index contributed by atoms with van der Waals surface area (Å²) in [5, 5.41) is 6.57. The van der Waals surface area contributed by atoms with Crippen LogP contribution in [-0.2, 0) is 4.79 Å². The molecule has 0 aromatic heterocycles. The van der Waals surface area contributed by atoms with Gasteiger partial charge in [0.25, 0.3) is 0 Å². The van der Waals surface area contributed by atoms with Gasteiger partial charge in [0.15, 0.2) is 0 Å². The van der Waals surface area contributed by atoms with Crippen LogP contribution in [0, 0.1) is 5.92 Å². The van der Waals surface area contributed by atoms with E-state index in [1.165, 1.54) is 31.2 Å². The van der Waals surface area contributed by atoms with E-state index in [1.54, 1.807) is 7.11 Å². The lowest BCUT2D eigenvalue weighted by Gasteiger charge is -2.35. The Kier molecular flexibility index (Phi) is 7.32. The number of hydrogen-bond donors (Lipinski definition) is 2. The van der Waals surface area contributed by atoms with Crippen LogP contribution < -0.4 is 15.4 Å². The van der Waals surface area contributed by atoms with Crippen LogP contribution in [0.4, 0.5) is 0 Å². The Balaban J connectivity index is 1.56. The number of amides is 1. The lowest BCUT2D eigenvalue weighted by Crippen LogP contribution is -2.40. The van der Waals surface area contributed by atoms with Gasteiger partial charge in [0.2, 0.25) is 5.91 Å². The van der Waals surface area contributed by atoms with Crippen LogP contribution in [-0.4, -0.2) is 50.6 Å². The number of nitrogens with one attached hydrogen (secondary N) is 2. The molecular weight excluding hydrogens is 326 g/mol. The Bertz CT molecular complexity index is 549. The van der Waals surface area contributed by atoms with E-state index in [1.807, 2.05) is 12.1 Å².